The number of nitrogens with two attached hydrogens (primary N) is 1. The fourth-order valence-corrected chi connectivity index (χ4v) is 0. The van der Waals surface area contributed by atoms with Crippen molar-refractivity contribution in [3.8, 4) is 0 Å². The Morgan fingerprint density at radius 1 is 1.60 bits per heavy atom. The fraction of sp³-hybridized carbons (Fsp3) is 0.500. The van der Waals surface area contributed by atoms with E-state index in [9.17, 15) is 0 Å². The van der Waals surface area contributed by atoms with Crippen LogP contribution in [0.15, 0.2) is 0 Å². The summed E-state index contributed by atoms with van der Waals surface area (Å²) >= 11 is 0. The molecule has 0 aromatic heterocycles. The highest BCUT2D eigenvalue weighted by Gasteiger charge is 1.85. The molecule has 0 saturated heterocycles. The minimum absolute atomic E-state index is 0.778. The van der Waals surface area contributed by atoms with E-state index in [1.807, 2.05) is 0 Å². The van der Waals surface area contributed by atoms with E-state index < -0.39 is 6.29 Å². The van der Waals surface area contributed by atoms with E-state index in [2.05, 4.69) is 5.41 Å². The van der Waals surface area contributed by atoms with Crippen LogP contribution in [-0.2, 0) is 0 Å². The van der Waals surface area contributed by atoms with Gasteiger partial charge in [-0.3, -0.25) is 5.41 Å². The maximum atomic E-state index is 7.74. The monoisotopic (exact) mass is 76.0 g/mol. The van der Waals surface area contributed by atoms with Gasteiger partial charge in [-0.1, -0.05) is 0 Å². The minimum Gasteiger partial charge on any atom is -0.360 e. The molecule has 0 rings (SSSR count). The lowest BCUT2D eigenvalue weighted by molar-refractivity contribution is -0.131. The maximum absolute atomic E-state index is 7.74. The van der Waals surface area contributed by atoms with Gasteiger partial charge in [-0.15, -0.1) is 0 Å². The molecule has 0 atom stereocenters. The first-order valence-electron chi connectivity index (χ1n) is 1.18. The Labute approximate surface area is 29.4 Å². The third-order valence-corrected chi connectivity index (χ3v) is 0.172. The fourth-order valence-electron chi connectivity index (χ4n) is 0. The van der Waals surface area contributed by atoms with Crippen LogP contribution in [0, 0.1) is 0 Å². The van der Waals surface area contributed by atoms with Crippen molar-refractivity contribution in [2.75, 3.05) is 0 Å². The molecule has 0 aliphatic carbocycles. The van der Waals surface area contributed by atoms with Crippen molar-refractivity contribution in [2.24, 2.45) is 0 Å². The molecule has 0 fully saturated rings. The van der Waals surface area contributed by atoms with E-state index in [-0.39, 0.29) is 0 Å². The summed E-state index contributed by atoms with van der Waals surface area (Å²) in [7, 11) is 0. The van der Waals surface area contributed by atoms with Crippen LogP contribution in [0.5, 0.6) is 0 Å². The molecule has 30 valence electrons. The molecule has 3 heteroatoms. The molecule has 0 radical (unpaired) electrons. The van der Waals surface area contributed by atoms with Crippen LogP contribution in [0.4, 0.5) is 0 Å². The molecule has 3 nitrogen and oxygen atoms in total. The van der Waals surface area contributed by atoms with Gasteiger partial charge >= 0.3 is 0 Å². The van der Waals surface area contributed by atoms with Crippen LogP contribution in [0.25, 0.3) is 0 Å². The van der Waals surface area contributed by atoms with Gasteiger partial charge in [0.25, 0.3) is 0 Å². The largest absolute Gasteiger partial charge is 0.360 e. The second-order valence-electron chi connectivity index (χ2n) is 0.606. The minimum atomic E-state index is -1.46. The van der Waals surface area contributed by atoms with E-state index in [1.54, 1.807) is 0 Å². The second-order valence-corrected chi connectivity index (χ2v) is 0.606. The third kappa shape index (κ3) is 3.59. The maximum Gasteiger partial charge on any atom is 0.231 e. The van der Waals surface area contributed by atoms with Crippen LogP contribution >= 0.6 is 0 Å². The SMILES string of the molecule is [NH2+]=CC(O)O. The Morgan fingerprint density at radius 3 is 1.80 bits per heavy atom. The van der Waals surface area contributed by atoms with Gasteiger partial charge in [-0.25, -0.2) is 0 Å². The first-order chi connectivity index (χ1) is 2.27. The molecular formula is C2H6NO2+. The van der Waals surface area contributed by atoms with Gasteiger partial charge in [-0.05, 0) is 0 Å². The lowest BCUT2D eigenvalue weighted by atomic mass is 10.7. The second kappa shape index (κ2) is 1.87. The lowest BCUT2D eigenvalue weighted by Crippen LogP contribution is -2.36. The van der Waals surface area contributed by atoms with Crippen LogP contribution in [-0.4, -0.2) is 22.7 Å². The Kier molecular flexibility index (Phi) is 1.72. The molecular weight excluding hydrogens is 70.0 g/mol. The third-order valence-electron chi connectivity index (χ3n) is 0.172. The van der Waals surface area contributed by atoms with E-state index in [4.69, 9.17) is 10.2 Å². The molecule has 0 saturated carbocycles. The number of hydrogen-bond acceptors (Lipinski definition) is 2. The Hall–Kier alpha value is -0.410. The Balaban J connectivity index is 2.83. The summed E-state index contributed by atoms with van der Waals surface area (Å²) in [6, 6.07) is 0. The molecule has 0 amide bonds. The first-order valence-corrected chi connectivity index (χ1v) is 1.18. The number of aliphatic hydroxyl groups excluding tert-OH is 1. The molecule has 0 aliphatic heterocycles. The highest BCUT2D eigenvalue weighted by molar-refractivity contribution is 5.52. The van der Waals surface area contributed by atoms with Crippen LogP contribution in [0.3, 0.4) is 0 Å². The van der Waals surface area contributed by atoms with E-state index in [0.717, 1.165) is 6.21 Å². The average molecular weight is 76.1 g/mol. The molecule has 0 aliphatic rings. The van der Waals surface area contributed by atoms with Crippen molar-refractivity contribution < 1.29 is 15.6 Å². The van der Waals surface area contributed by atoms with Crippen LogP contribution in [0.2, 0.25) is 0 Å². The van der Waals surface area contributed by atoms with Crippen molar-refractivity contribution >= 4 is 6.21 Å². The van der Waals surface area contributed by atoms with Gasteiger partial charge in [0, 0.05) is 0 Å². The number of rotatable bonds is 1. The summed E-state index contributed by atoms with van der Waals surface area (Å²) in [6.07, 6.45) is -0.685. The molecule has 5 heavy (non-hydrogen) atoms. The zero-order valence-corrected chi connectivity index (χ0v) is 2.63. The van der Waals surface area contributed by atoms with Crippen LogP contribution < -0.4 is 5.41 Å². The molecule has 0 bridgehead atoms. The van der Waals surface area contributed by atoms with Gasteiger partial charge in [-0.2, -0.15) is 0 Å². The molecule has 0 unspecified atom stereocenters. The Bertz CT molecular complexity index is 34.6. The van der Waals surface area contributed by atoms with E-state index in [1.165, 1.54) is 0 Å². The van der Waals surface area contributed by atoms with Crippen molar-refractivity contribution in [2.45, 2.75) is 6.29 Å². The quantitative estimate of drug-likeness (QED) is 0.232. The number of aliphatic hydroxyl groups is 2. The van der Waals surface area contributed by atoms with Crippen molar-refractivity contribution in [3.05, 3.63) is 0 Å². The van der Waals surface area contributed by atoms with Gasteiger partial charge < -0.3 is 10.2 Å². The van der Waals surface area contributed by atoms with Crippen LogP contribution in [0.1, 0.15) is 0 Å². The summed E-state index contributed by atoms with van der Waals surface area (Å²) in [5, 5.41) is 20.0. The summed E-state index contributed by atoms with van der Waals surface area (Å²) in [6.45, 7) is 0. The number of hydrogen-bond donors (Lipinski definition) is 3. The smallest absolute Gasteiger partial charge is 0.231 e. The standard InChI is InChI=1S/C2H5NO2/c3-1-2(4)5/h1-5H/p+1. The van der Waals surface area contributed by atoms with Gasteiger partial charge in [0.1, 0.15) is 0 Å². The zero-order chi connectivity index (χ0) is 4.28. The summed E-state index contributed by atoms with van der Waals surface area (Å²) in [5.41, 5.74) is 0. The van der Waals surface area contributed by atoms with Crippen molar-refractivity contribution in [1.29, 1.82) is 0 Å². The van der Waals surface area contributed by atoms with Gasteiger partial charge in [0.2, 0.25) is 6.29 Å². The highest BCUT2D eigenvalue weighted by Crippen LogP contribution is 1.51. The van der Waals surface area contributed by atoms with Gasteiger partial charge in [0.15, 0.2) is 6.21 Å². The molecule has 0 aromatic carbocycles. The topological polar surface area (TPSA) is 66.0 Å². The van der Waals surface area contributed by atoms with Crippen molar-refractivity contribution in [1.82, 2.24) is 0 Å². The van der Waals surface area contributed by atoms with Gasteiger partial charge in [0.05, 0.1) is 0 Å². The summed E-state index contributed by atoms with van der Waals surface area (Å²) in [4.78, 5) is 0. The lowest BCUT2D eigenvalue weighted by Gasteiger charge is -1.78. The van der Waals surface area contributed by atoms with E-state index >= 15 is 0 Å². The zero-order valence-electron chi connectivity index (χ0n) is 2.63. The predicted octanol–water partition coefficient (Wildman–Crippen LogP) is -2.87. The molecule has 0 spiro atoms. The van der Waals surface area contributed by atoms with E-state index in [0.29, 0.717) is 0 Å². The predicted molar refractivity (Wildman–Crippen MR) is 16.2 cm³/mol. The first kappa shape index (κ1) is 4.59. The van der Waals surface area contributed by atoms with Crippen molar-refractivity contribution in [3.63, 3.8) is 0 Å². The summed E-state index contributed by atoms with van der Waals surface area (Å²) in [5.74, 6) is 0. The molecule has 0 aromatic rings. The Morgan fingerprint density at radius 2 is 1.80 bits per heavy atom. The normalized spacial score (nSPS) is 8.60. The average Bonchev–Trinajstić information content (AvgIpc) is 1.38. The molecule has 4 N–H and O–H groups in total. The highest BCUT2D eigenvalue weighted by atomic mass is 16.5. The summed E-state index contributed by atoms with van der Waals surface area (Å²) < 4.78 is 0. The molecule has 0 heterocycles.